The average Bonchev–Trinajstić information content (AvgIpc) is 2.45. The molecule has 0 saturated carbocycles. The van der Waals surface area contributed by atoms with Gasteiger partial charge in [0.05, 0.1) is 5.56 Å². The van der Waals surface area contributed by atoms with E-state index in [4.69, 9.17) is 0 Å². The van der Waals surface area contributed by atoms with E-state index in [1.165, 1.54) is 12.1 Å². The monoisotopic (exact) mass is 254 g/mol. The van der Waals surface area contributed by atoms with Crippen LogP contribution >= 0.6 is 0 Å². The van der Waals surface area contributed by atoms with Crippen LogP contribution in [0.3, 0.4) is 0 Å². The Balaban J connectivity index is 1.89. The normalized spacial score (nSPS) is 10.5. The molecule has 0 aromatic heterocycles. The number of phenols is 1. The molecule has 0 radical (unpaired) electrons. The maximum Gasteiger partial charge on any atom is 0.275 e. The molecule has 0 fully saturated rings. The fourth-order valence-electron chi connectivity index (χ4n) is 1.60. The van der Waals surface area contributed by atoms with Crippen molar-refractivity contribution < 1.29 is 9.90 Å². The summed E-state index contributed by atoms with van der Waals surface area (Å²) in [5, 5.41) is 13.4. The van der Waals surface area contributed by atoms with Crippen molar-refractivity contribution in [1.29, 1.82) is 0 Å². The smallest absolute Gasteiger partial charge is 0.275 e. The van der Waals surface area contributed by atoms with E-state index in [0.717, 1.165) is 5.56 Å². The minimum Gasteiger partial charge on any atom is -0.507 e. The molecule has 2 aromatic carbocycles. The number of hydrogen-bond donors (Lipinski definition) is 2. The first-order valence-electron chi connectivity index (χ1n) is 5.91. The topological polar surface area (TPSA) is 61.7 Å². The van der Waals surface area contributed by atoms with E-state index in [-0.39, 0.29) is 11.3 Å². The third kappa shape index (κ3) is 3.67. The first-order chi connectivity index (χ1) is 9.27. The molecule has 19 heavy (non-hydrogen) atoms. The molecular formula is C15H14N2O2. The van der Waals surface area contributed by atoms with Crippen LogP contribution in [0.2, 0.25) is 0 Å². The number of nitrogens with zero attached hydrogens (tertiary/aromatic N) is 1. The van der Waals surface area contributed by atoms with Gasteiger partial charge in [0.2, 0.25) is 0 Å². The molecule has 0 aliphatic rings. The molecule has 0 heterocycles. The highest BCUT2D eigenvalue weighted by molar-refractivity contribution is 5.96. The van der Waals surface area contributed by atoms with Gasteiger partial charge in [-0.2, -0.15) is 5.10 Å². The van der Waals surface area contributed by atoms with Crippen molar-refractivity contribution in [3.8, 4) is 5.75 Å². The number of hydrogen-bond acceptors (Lipinski definition) is 3. The molecule has 4 nitrogen and oxygen atoms in total. The summed E-state index contributed by atoms with van der Waals surface area (Å²) in [6.45, 7) is 0. The number of aromatic hydroxyl groups is 1. The number of hydrazone groups is 1. The van der Waals surface area contributed by atoms with E-state index in [2.05, 4.69) is 10.5 Å². The van der Waals surface area contributed by atoms with Gasteiger partial charge >= 0.3 is 0 Å². The van der Waals surface area contributed by atoms with Crippen LogP contribution < -0.4 is 5.43 Å². The van der Waals surface area contributed by atoms with Gasteiger partial charge < -0.3 is 5.11 Å². The quantitative estimate of drug-likeness (QED) is 0.650. The van der Waals surface area contributed by atoms with Crippen LogP contribution in [0.4, 0.5) is 0 Å². The van der Waals surface area contributed by atoms with Gasteiger partial charge in [0.25, 0.3) is 5.91 Å². The Labute approximate surface area is 111 Å². The van der Waals surface area contributed by atoms with Crippen molar-refractivity contribution in [3.63, 3.8) is 0 Å². The van der Waals surface area contributed by atoms with Crippen LogP contribution in [0.25, 0.3) is 0 Å². The van der Waals surface area contributed by atoms with Crippen molar-refractivity contribution in [3.05, 3.63) is 65.7 Å². The number of benzene rings is 2. The number of phenolic OH excluding ortho intramolecular Hbond substituents is 1. The van der Waals surface area contributed by atoms with Crippen LogP contribution in [0.5, 0.6) is 5.75 Å². The number of para-hydroxylation sites is 1. The Hall–Kier alpha value is -2.62. The van der Waals surface area contributed by atoms with Crippen LogP contribution in [-0.2, 0) is 6.42 Å². The van der Waals surface area contributed by atoms with E-state index >= 15 is 0 Å². The lowest BCUT2D eigenvalue weighted by atomic mass is 10.2. The third-order valence-corrected chi connectivity index (χ3v) is 2.58. The summed E-state index contributed by atoms with van der Waals surface area (Å²) in [6, 6.07) is 16.1. The summed E-state index contributed by atoms with van der Waals surface area (Å²) in [4.78, 5) is 11.7. The van der Waals surface area contributed by atoms with E-state index in [1.807, 2.05) is 30.3 Å². The second kappa shape index (κ2) is 6.35. The second-order valence-electron chi connectivity index (χ2n) is 3.96. The summed E-state index contributed by atoms with van der Waals surface area (Å²) < 4.78 is 0. The van der Waals surface area contributed by atoms with Gasteiger partial charge in [-0.1, -0.05) is 42.5 Å². The maximum absolute atomic E-state index is 11.7. The predicted octanol–water partition coefficient (Wildman–Crippen LogP) is 2.35. The molecule has 1 amide bonds. The SMILES string of the molecule is O=C(N/N=C\Cc1ccccc1)c1ccccc1O. The lowest BCUT2D eigenvalue weighted by Crippen LogP contribution is -2.17. The summed E-state index contributed by atoms with van der Waals surface area (Å²) in [5.74, 6) is -0.485. The Morgan fingerprint density at radius 1 is 1.11 bits per heavy atom. The summed E-state index contributed by atoms with van der Waals surface area (Å²) >= 11 is 0. The second-order valence-corrected chi connectivity index (χ2v) is 3.96. The minimum absolute atomic E-state index is 0.0572. The Bertz CT molecular complexity index is 580. The van der Waals surface area contributed by atoms with Crippen LogP contribution in [-0.4, -0.2) is 17.2 Å². The fourth-order valence-corrected chi connectivity index (χ4v) is 1.60. The molecule has 0 unspecified atom stereocenters. The molecule has 0 bridgehead atoms. The third-order valence-electron chi connectivity index (χ3n) is 2.58. The molecular weight excluding hydrogens is 240 g/mol. The molecule has 0 atom stereocenters. The summed E-state index contributed by atoms with van der Waals surface area (Å²) in [5.41, 5.74) is 3.70. The van der Waals surface area contributed by atoms with E-state index in [9.17, 15) is 9.90 Å². The maximum atomic E-state index is 11.7. The van der Waals surface area contributed by atoms with Gasteiger partial charge in [0, 0.05) is 12.6 Å². The number of rotatable bonds is 4. The Kier molecular flexibility index (Phi) is 4.29. The zero-order valence-electron chi connectivity index (χ0n) is 10.3. The lowest BCUT2D eigenvalue weighted by Gasteiger charge is -2.01. The standard InChI is InChI=1S/C15H14N2O2/c18-14-9-5-4-8-13(14)15(19)17-16-11-10-12-6-2-1-3-7-12/h1-9,11,18H,10H2,(H,17,19)/b16-11-. The van der Waals surface area contributed by atoms with E-state index in [1.54, 1.807) is 18.3 Å². The molecule has 4 heteroatoms. The number of carbonyl (C=O) groups is 1. The number of carbonyl (C=O) groups excluding carboxylic acids is 1. The first kappa shape index (κ1) is 12.8. The first-order valence-corrected chi connectivity index (χ1v) is 5.91. The zero-order chi connectivity index (χ0) is 13.5. The molecule has 96 valence electrons. The molecule has 2 N–H and O–H groups in total. The Morgan fingerprint density at radius 2 is 1.79 bits per heavy atom. The van der Waals surface area contributed by atoms with E-state index in [0.29, 0.717) is 6.42 Å². The van der Waals surface area contributed by atoms with Crippen molar-refractivity contribution in [1.82, 2.24) is 5.43 Å². The summed E-state index contributed by atoms with van der Waals surface area (Å²) in [7, 11) is 0. The highest BCUT2D eigenvalue weighted by Crippen LogP contribution is 2.14. The number of nitrogens with one attached hydrogen (secondary N) is 1. The highest BCUT2D eigenvalue weighted by atomic mass is 16.3. The molecule has 0 aliphatic carbocycles. The largest absolute Gasteiger partial charge is 0.507 e. The van der Waals surface area contributed by atoms with Gasteiger partial charge in [-0.25, -0.2) is 5.43 Å². The zero-order valence-corrected chi connectivity index (χ0v) is 10.3. The predicted molar refractivity (Wildman–Crippen MR) is 74.2 cm³/mol. The van der Waals surface area contributed by atoms with Crippen molar-refractivity contribution in [2.24, 2.45) is 5.10 Å². The summed E-state index contributed by atoms with van der Waals surface area (Å²) in [6.07, 6.45) is 2.26. The highest BCUT2D eigenvalue weighted by Gasteiger charge is 2.08. The van der Waals surface area contributed by atoms with E-state index < -0.39 is 5.91 Å². The van der Waals surface area contributed by atoms with Gasteiger partial charge in [-0.15, -0.1) is 0 Å². The lowest BCUT2D eigenvalue weighted by molar-refractivity contribution is 0.0952. The molecule has 2 aromatic rings. The van der Waals surface area contributed by atoms with Gasteiger partial charge in [-0.3, -0.25) is 4.79 Å². The molecule has 0 saturated heterocycles. The van der Waals surface area contributed by atoms with Crippen molar-refractivity contribution >= 4 is 12.1 Å². The van der Waals surface area contributed by atoms with Crippen molar-refractivity contribution in [2.75, 3.05) is 0 Å². The van der Waals surface area contributed by atoms with Crippen LogP contribution in [0.15, 0.2) is 59.7 Å². The molecule has 2 rings (SSSR count). The minimum atomic E-state index is -0.428. The van der Waals surface area contributed by atoms with Crippen molar-refractivity contribution in [2.45, 2.75) is 6.42 Å². The van der Waals surface area contributed by atoms with Crippen LogP contribution in [0.1, 0.15) is 15.9 Å². The van der Waals surface area contributed by atoms with Gasteiger partial charge in [-0.05, 0) is 17.7 Å². The fraction of sp³-hybridized carbons (Fsp3) is 0.0667. The molecule has 0 aliphatic heterocycles. The Morgan fingerprint density at radius 3 is 2.53 bits per heavy atom. The number of amides is 1. The van der Waals surface area contributed by atoms with Gasteiger partial charge in [0.15, 0.2) is 0 Å². The van der Waals surface area contributed by atoms with Crippen LogP contribution in [0, 0.1) is 0 Å². The molecule has 0 spiro atoms. The average molecular weight is 254 g/mol. The van der Waals surface area contributed by atoms with Gasteiger partial charge in [0.1, 0.15) is 5.75 Å².